The Morgan fingerprint density at radius 2 is 1.91 bits per heavy atom. The lowest BCUT2D eigenvalue weighted by molar-refractivity contribution is -0.137. The van der Waals surface area contributed by atoms with Gasteiger partial charge < -0.3 is 19.3 Å². The predicted octanol–water partition coefficient (Wildman–Crippen LogP) is 2.53. The Bertz CT molecular complexity index is 963. The van der Waals surface area contributed by atoms with Gasteiger partial charge in [-0.2, -0.15) is 0 Å². The van der Waals surface area contributed by atoms with Crippen molar-refractivity contribution in [2.75, 3.05) is 39.5 Å². The van der Waals surface area contributed by atoms with Crippen LogP contribution in [0.4, 0.5) is 4.39 Å². The number of likely N-dealkylation sites (tertiary alicyclic amines) is 1. The van der Waals surface area contributed by atoms with Gasteiger partial charge in [-0.25, -0.2) is 14.4 Å². The average molecular weight is 442 g/mol. The minimum atomic E-state index is -0.358. The number of rotatable bonds is 5. The average Bonchev–Trinajstić information content (AvgIpc) is 2.83. The second-order valence-corrected chi connectivity index (χ2v) is 7.97. The van der Waals surface area contributed by atoms with Crippen molar-refractivity contribution in [3.05, 3.63) is 53.4 Å². The lowest BCUT2D eigenvalue weighted by Crippen LogP contribution is -2.42. The molecule has 3 heterocycles. The smallest absolute Gasteiger partial charge is 0.261 e. The Labute approximate surface area is 186 Å². The van der Waals surface area contributed by atoms with Gasteiger partial charge in [-0.05, 0) is 50.5 Å². The third kappa shape index (κ3) is 5.04. The van der Waals surface area contributed by atoms with Gasteiger partial charge in [0.1, 0.15) is 11.6 Å². The zero-order valence-corrected chi connectivity index (χ0v) is 18.1. The highest BCUT2D eigenvalue weighted by molar-refractivity contribution is 5.95. The fourth-order valence-corrected chi connectivity index (χ4v) is 4.05. The Morgan fingerprint density at radius 3 is 2.62 bits per heavy atom. The number of aromatic nitrogens is 2. The zero-order chi connectivity index (χ0) is 22.5. The maximum absolute atomic E-state index is 13.1. The second kappa shape index (κ2) is 10.0. The van der Waals surface area contributed by atoms with Crippen LogP contribution in [0.1, 0.15) is 47.2 Å². The highest BCUT2D eigenvalue weighted by Gasteiger charge is 2.31. The first-order valence-electron chi connectivity index (χ1n) is 10.9. The maximum Gasteiger partial charge on any atom is 0.261 e. The van der Waals surface area contributed by atoms with Gasteiger partial charge >= 0.3 is 0 Å². The topological polar surface area (TPSA) is 84.9 Å². The Hall–Kier alpha value is -3.07. The number of benzene rings is 1. The normalized spacial score (nSPS) is 19.0. The molecule has 1 atom stereocenters. The van der Waals surface area contributed by atoms with Crippen LogP contribution in [-0.4, -0.2) is 71.0 Å². The number of nitrogens with zero attached hydrogens (tertiary/aromatic N) is 4. The molecule has 0 N–H and O–H groups in total. The second-order valence-electron chi connectivity index (χ2n) is 7.97. The summed E-state index contributed by atoms with van der Waals surface area (Å²) < 4.78 is 23.9. The summed E-state index contributed by atoms with van der Waals surface area (Å²) in [6.07, 6.45) is 4.18. The van der Waals surface area contributed by atoms with Crippen LogP contribution >= 0.6 is 0 Å². The van der Waals surface area contributed by atoms with Crippen molar-refractivity contribution in [3.63, 3.8) is 0 Å². The number of morpholine rings is 1. The molecule has 0 aliphatic carbocycles. The van der Waals surface area contributed by atoms with Crippen LogP contribution < -0.4 is 4.74 Å². The van der Waals surface area contributed by atoms with Crippen LogP contribution in [0.25, 0.3) is 0 Å². The minimum absolute atomic E-state index is 0.0957. The predicted molar refractivity (Wildman–Crippen MR) is 114 cm³/mol. The molecule has 2 aliphatic rings. The van der Waals surface area contributed by atoms with Crippen molar-refractivity contribution < 1.29 is 23.5 Å². The first-order valence-corrected chi connectivity index (χ1v) is 10.9. The van der Waals surface area contributed by atoms with Crippen molar-refractivity contribution >= 4 is 11.8 Å². The molecule has 8 nitrogen and oxygen atoms in total. The number of amides is 2. The molecule has 0 bridgehead atoms. The van der Waals surface area contributed by atoms with Gasteiger partial charge in [-0.1, -0.05) is 0 Å². The van der Waals surface area contributed by atoms with Crippen LogP contribution in [0.2, 0.25) is 0 Å². The zero-order valence-electron chi connectivity index (χ0n) is 18.1. The number of hydrogen-bond acceptors (Lipinski definition) is 6. The molecule has 32 heavy (non-hydrogen) atoms. The molecule has 1 aromatic heterocycles. The Balaban J connectivity index is 1.45. The van der Waals surface area contributed by atoms with E-state index in [9.17, 15) is 14.0 Å². The molecule has 1 unspecified atom stereocenters. The molecule has 2 saturated heterocycles. The molecule has 0 spiro atoms. The first kappa shape index (κ1) is 22.1. The molecule has 9 heteroatoms. The Morgan fingerprint density at radius 1 is 1.16 bits per heavy atom. The number of halogens is 1. The lowest BCUT2D eigenvalue weighted by atomic mass is 10.0. The summed E-state index contributed by atoms with van der Waals surface area (Å²) in [5.41, 5.74) is 1.08. The summed E-state index contributed by atoms with van der Waals surface area (Å²) in [4.78, 5) is 38.3. The fraction of sp³-hybridized carbons (Fsp3) is 0.478. The molecule has 2 aromatic rings. The van der Waals surface area contributed by atoms with E-state index in [1.54, 1.807) is 22.9 Å². The molecule has 0 saturated carbocycles. The van der Waals surface area contributed by atoms with Crippen LogP contribution in [0.15, 0.2) is 30.5 Å². The van der Waals surface area contributed by atoms with Gasteiger partial charge in [0.05, 0.1) is 30.5 Å². The van der Waals surface area contributed by atoms with Crippen LogP contribution in [0, 0.1) is 12.7 Å². The highest BCUT2D eigenvalue weighted by atomic mass is 19.1. The molecule has 2 aliphatic heterocycles. The summed E-state index contributed by atoms with van der Waals surface area (Å²) >= 11 is 0. The monoisotopic (exact) mass is 442 g/mol. The van der Waals surface area contributed by atoms with E-state index < -0.39 is 0 Å². The summed E-state index contributed by atoms with van der Waals surface area (Å²) in [7, 11) is 0. The summed E-state index contributed by atoms with van der Waals surface area (Å²) in [5.74, 6) is 0.348. The van der Waals surface area contributed by atoms with E-state index in [-0.39, 0.29) is 30.3 Å². The molecule has 2 fully saturated rings. The standard InChI is InChI=1S/C23H27FN4O4/c1-16-19(23(30)27-10-12-31-13-11-27)14-25-22(26-16)20-4-2-3-9-28(20)21(29)15-32-18-7-5-17(24)6-8-18/h5-8,14,20H,2-4,9-13,15H2,1H3. The molecule has 4 rings (SSSR count). The van der Waals surface area contributed by atoms with Gasteiger partial charge in [-0.3, -0.25) is 9.59 Å². The van der Waals surface area contributed by atoms with Gasteiger partial charge in [0.2, 0.25) is 0 Å². The van der Waals surface area contributed by atoms with E-state index in [1.165, 1.54) is 24.3 Å². The molecule has 1 aromatic carbocycles. The SMILES string of the molecule is Cc1nc(C2CCCCN2C(=O)COc2ccc(F)cc2)ncc1C(=O)N1CCOCC1. The van der Waals surface area contributed by atoms with E-state index in [4.69, 9.17) is 9.47 Å². The molecular formula is C23H27FN4O4. The van der Waals surface area contributed by atoms with E-state index in [0.717, 1.165) is 19.3 Å². The van der Waals surface area contributed by atoms with Crippen LogP contribution in [-0.2, 0) is 9.53 Å². The molecule has 2 amide bonds. The van der Waals surface area contributed by atoms with Crippen molar-refractivity contribution in [2.24, 2.45) is 0 Å². The van der Waals surface area contributed by atoms with Crippen molar-refractivity contribution in [2.45, 2.75) is 32.2 Å². The highest BCUT2D eigenvalue weighted by Crippen LogP contribution is 2.29. The number of ether oxygens (including phenoxy) is 2. The lowest BCUT2D eigenvalue weighted by Gasteiger charge is -2.35. The number of aryl methyl sites for hydroxylation is 1. The third-order valence-corrected chi connectivity index (χ3v) is 5.82. The van der Waals surface area contributed by atoms with Crippen LogP contribution in [0.5, 0.6) is 5.75 Å². The number of piperidine rings is 1. The van der Waals surface area contributed by atoms with Gasteiger partial charge in [-0.15, -0.1) is 0 Å². The van der Waals surface area contributed by atoms with Gasteiger partial charge in [0.15, 0.2) is 12.4 Å². The summed E-state index contributed by atoms with van der Waals surface area (Å²) in [6.45, 7) is 4.41. The summed E-state index contributed by atoms with van der Waals surface area (Å²) in [5, 5.41) is 0. The minimum Gasteiger partial charge on any atom is -0.484 e. The molecular weight excluding hydrogens is 415 g/mol. The summed E-state index contributed by atoms with van der Waals surface area (Å²) in [6, 6.07) is 5.30. The van der Waals surface area contributed by atoms with E-state index in [0.29, 0.717) is 55.7 Å². The third-order valence-electron chi connectivity index (χ3n) is 5.82. The first-order chi connectivity index (χ1) is 15.5. The van der Waals surface area contributed by atoms with E-state index in [1.807, 2.05) is 0 Å². The molecule has 170 valence electrons. The van der Waals surface area contributed by atoms with Crippen molar-refractivity contribution in [1.29, 1.82) is 0 Å². The number of carbonyl (C=O) groups is 2. The van der Waals surface area contributed by atoms with Gasteiger partial charge in [0.25, 0.3) is 11.8 Å². The van der Waals surface area contributed by atoms with Crippen molar-refractivity contribution in [3.8, 4) is 5.75 Å². The van der Waals surface area contributed by atoms with Gasteiger partial charge in [0, 0.05) is 25.8 Å². The number of hydrogen-bond donors (Lipinski definition) is 0. The van der Waals surface area contributed by atoms with E-state index >= 15 is 0 Å². The van der Waals surface area contributed by atoms with Crippen molar-refractivity contribution in [1.82, 2.24) is 19.8 Å². The van der Waals surface area contributed by atoms with E-state index in [2.05, 4.69) is 9.97 Å². The largest absolute Gasteiger partial charge is 0.484 e. The number of carbonyl (C=O) groups excluding carboxylic acids is 2. The quantitative estimate of drug-likeness (QED) is 0.708. The van der Waals surface area contributed by atoms with Crippen LogP contribution in [0.3, 0.4) is 0 Å². The fourth-order valence-electron chi connectivity index (χ4n) is 4.05. The molecule has 0 radical (unpaired) electrons. The Kier molecular flexibility index (Phi) is 6.94. The maximum atomic E-state index is 13.1.